The van der Waals surface area contributed by atoms with Crippen molar-refractivity contribution in [2.75, 3.05) is 13.1 Å². The van der Waals surface area contributed by atoms with Crippen molar-refractivity contribution in [2.45, 2.75) is 84.3 Å². The third-order valence-corrected chi connectivity index (χ3v) is 5.32. The van der Waals surface area contributed by atoms with Gasteiger partial charge in [-0.15, -0.1) is 0 Å². The number of nitrogens with one attached hydrogen (secondary N) is 1. The Balaban J connectivity index is 1.86. The standard InChI is InChI=1S/C17H34N2/c1-5-15-6-8-17(9-7-15)19-12-16(10-13(2)3)18-11-14(19)4/h13-18H,5-12H2,1-4H3. The summed E-state index contributed by atoms with van der Waals surface area (Å²) in [5.41, 5.74) is 0. The van der Waals surface area contributed by atoms with Gasteiger partial charge in [-0.05, 0) is 50.9 Å². The highest BCUT2D eigenvalue weighted by atomic mass is 15.2. The second-order valence-corrected chi connectivity index (χ2v) is 7.36. The molecule has 2 heteroatoms. The van der Waals surface area contributed by atoms with E-state index in [4.69, 9.17) is 0 Å². The zero-order valence-electron chi connectivity index (χ0n) is 13.5. The van der Waals surface area contributed by atoms with E-state index in [9.17, 15) is 0 Å². The molecule has 2 atom stereocenters. The van der Waals surface area contributed by atoms with Crippen LogP contribution < -0.4 is 5.32 Å². The highest BCUT2D eigenvalue weighted by Crippen LogP contribution is 2.31. The number of hydrogen-bond acceptors (Lipinski definition) is 2. The summed E-state index contributed by atoms with van der Waals surface area (Å²) in [5.74, 6) is 1.82. The second kappa shape index (κ2) is 7.08. The molecule has 19 heavy (non-hydrogen) atoms. The Kier molecular flexibility index (Phi) is 5.70. The minimum Gasteiger partial charge on any atom is -0.311 e. The molecule has 1 aliphatic heterocycles. The number of piperazine rings is 1. The molecule has 0 aromatic rings. The van der Waals surface area contributed by atoms with Crippen LogP contribution in [0.1, 0.15) is 66.2 Å². The van der Waals surface area contributed by atoms with E-state index >= 15 is 0 Å². The Labute approximate surface area is 120 Å². The predicted molar refractivity (Wildman–Crippen MR) is 83.5 cm³/mol. The van der Waals surface area contributed by atoms with Gasteiger partial charge < -0.3 is 5.32 Å². The van der Waals surface area contributed by atoms with Crippen molar-refractivity contribution in [3.63, 3.8) is 0 Å². The Morgan fingerprint density at radius 2 is 1.84 bits per heavy atom. The van der Waals surface area contributed by atoms with Gasteiger partial charge in [0.1, 0.15) is 0 Å². The SMILES string of the molecule is CCC1CCC(N2CC(CC(C)C)NCC2C)CC1. The van der Waals surface area contributed by atoms with Crippen molar-refractivity contribution in [1.82, 2.24) is 10.2 Å². The zero-order valence-corrected chi connectivity index (χ0v) is 13.5. The molecule has 1 N–H and O–H groups in total. The van der Waals surface area contributed by atoms with E-state index in [0.717, 1.165) is 30.0 Å². The maximum absolute atomic E-state index is 3.75. The molecular formula is C17H34N2. The van der Waals surface area contributed by atoms with Crippen LogP contribution in [0, 0.1) is 11.8 Å². The Morgan fingerprint density at radius 1 is 1.16 bits per heavy atom. The van der Waals surface area contributed by atoms with Gasteiger partial charge in [-0.1, -0.05) is 27.2 Å². The molecule has 2 unspecified atom stereocenters. The van der Waals surface area contributed by atoms with Crippen LogP contribution in [0.4, 0.5) is 0 Å². The van der Waals surface area contributed by atoms with Crippen molar-refractivity contribution in [1.29, 1.82) is 0 Å². The fourth-order valence-corrected chi connectivity index (χ4v) is 4.07. The largest absolute Gasteiger partial charge is 0.311 e. The van der Waals surface area contributed by atoms with Crippen LogP contribution >= 0.6 is 0 Å². The quantitative estimate of drug-likeness (QED) is 0.835. The number of nitrogens with zero attached hydrogens (tertiary/aromatic N) is 1. The van der Waals surface area contributed by atoms with E-state index < -0.39 is 0 Å². The first kappa shape index (κ1) is 15.3. The fraction of sp³-hybridized carbons (Fsp3) is 1.00. The molecule has 1 saturated carbocycles. The smallest absolute Gasteiger partial charge is 0.0198 e. The summed E-state index contributed by atoms with van der Waals surface area (Å²) in [5, 5.41) is 3.75. The van der Waals surface area contributed by atoms with Gasteiger partial charge in [-0.2, -0.15) is 0 Å². The monoisotopic (exact) mass is 266 g/mol. The number of rotatable bonds is 4. The van der Waals surface area contributed by atoms with Crippen molar-refractivity contribution in [3.05, 3.63) is 0 Å². The number of hydrogen-bond donors (Lipinski definition) is 1. The molecule has 2 nitrogen and oxygen atoms in total. The van der Waals surface area contributed by atoms with Crippen LogP contribution in [-0.4, -0.2) is 36.1 Å². The molecule has 1 aliphatic carbocycles. The van der Waals surface area contributed by atoms with Gasteiger partial charge in [0.25, 0.3) is 0 Å². The van der Waals surface area contributed by atoms with E-state index in [1.165, 1.54) is 51.6 Å². The average molecular weight is 266 g/mol. The lowest BCUT2D eigenvalue weighted by atomic mass is 9.83. The molecule has 1 saturated heterocycles. The van der Waals surface area contributed by atoms with Crippen molar-refractivity contribution >= 4 is 0 Å². The summed E-state index contributed by atoms with van der Waals surface area (Å²) in [7, 11) is 0. The summed E-state index contributed by atoms with van der Waals surface area (Å²) in [4.78, 5) is 2.83. The second-order valence-electron chi connectivity index (χ2n) is 7.36. The maximum Gasteiger partial charge on any atom is 0.0198 e. The van der Waals surface area contributed by atoms with Crippen LogP contribution in [-0.2, 0) is 0 Å². The molecule has 0 aromatic heterocycles. The third kappa shape index (κ3) is 4.19. The molecule has 0 bridgehead atoms. The van der Waals surface area contributed by atoms with E-state index in [1.807, 2.05) is 0 Å². The van der Waals surface area contributed by atoms with Gasteiger partial charge in [-0.25, -0.2) is 0 Å². The molecule has 2 aliphatic rings. The lowest BCUT2D eigenvalue weighted by molar-refractivity contribution is 0.0561. The fourth-order valence-electron chi connectivity index (χ4n) is 4.07. The average Bonchev–Trinajstić information content (AvgIpc) is 2.40. The molecule has 2 rings (SSSR count). The highest BCUT2D eigenvalue weighted by molar-refractivity contribution is 4.90. The molecule has 2 fully saturated rings. The summed E-state index contributed by atoms with van der Waals surface area (Å²) in [6.45, 7) is 11.9. The van der Waals surface area contributed by atoms with Gasteiger partial charge >= 0.3 is 0 Å². The summed E-state index contributed by atoms with van der Waals surface area (Å²) < 4.78 is 0. The van der Waals surface area contributed by atoms with Gasteiger partial charge in [0, 0.05) is 31.2 Å². The topological polar surface area (TPSA) is 15.3 Å². The van der Waals surface area contributed by atoms with Crippen molar-refractivity contribution in [3.8, 4) is 0 Å². The van der Waals surface area contributed by atoms with Crippen LogP contribution in [0.15, 0.2) is 0 Å². The first-order chi connectivity index (χ1) is 9.10. The van der Waals surface area contributed by atoms with E-state index in [1.54, 1.807) is 0 Å². The molecule has 112 valence electrons. The van der Waals surface area contributed by atoms with Gasteiger partial charge in [0.05, 0.1) is 0 Å². The lowest BCUT2D eigenvalue weighted by Crippen LogP contribution is -2.59. The van der Waals surface area contributed by atoms with Crippen LogP contribution in [0.2, 0.25) is 0 Å². The first-order valence-electron chi connectivity index (χ1n) is 8.59. The normalized spacial score (nSPS) is 37.7. The van der Waals surface area contributed by atoms with Crippen LogP contribution in [0.3, 0.4) is 0 Å². The highest BCUT2D eigenvalue weighted by Gasteiger charge is 2.32. The molecule has 0 radical (unpaired) electrons. The van der Waals surface area contributed by atoms with Crippen molar-refractivity contribution < 1.29 is 0 Å². The Morgan fingerprint density at radius 3 is 2.42 bits per heavy atom. The predicted octanol–water partition coefficient (Wildman–Crippen LogP) is 3.66. The minimum atomic E-state index is 0.722. The van der Waals surface area contributed by atoms with Crippen molar-refractivity contribution in [2.24, 2.45) is 11.8 Å². The van der Waals surface area contributed by atoms with E-state index in [2.05, 4.69) is 37.9 Å². The lowest BCUT2D eigenvalue weighted by Gasteiger charge is -2.46. The zero-order chi connectivity index (χ0) is 13.8. The summed E-state index contributed by atoms with van der Waals surface area (Å²) in [6.07, 6.45) is 8.53. The maximum atomic E-state index is 3.75. The van der Waals surface area contributed by atoms with Gasteiger partial charge in [-0.3, -0.25) is 4.90 Å². The van der Waals surface area contributed by atoms with Crippen LogP contribution in [0.25, 0.3) is 0 Å². The molecule has 0 spiro atoms. The van der Waals surface area contributed by atoms with Crippen LogP contribution in [0.5, 0.6) is 0 Å². The minimum absolute atomic E-state index is 0.722. The molecule has 0 amide bonds. The van der Waals surface area contributed by atoms with Gasteiger partial charge in [0.2, 0.25) is 0 Å². The third-order valence-electron chi connectivity index (χ3n) is 5.32. The molecular weight excluding hydrogens is 232 g/mol. The Bertz CT molecular complexity index is 256. The summed E-state index contributed by atoms with van der Waals surface area (Å²) in [6, 6.07) is 2.32. The van der Waals surface area contributed by atoms with E-state index in [0.29, 0.717) is 0 Å². The Hall–Kier alpha value is -0.0800. The molecule has 1 heterocycles. The molecule has 0 aromatic carbocycles. The van der Waals surface area contributed by atoms with Gasteiger partial charge in [0.15, 0.2) is 0 Å². The first-order valence-corrected chi connectivity index (χ1v) is 8.59. The van der Waals surface area contributed by atoms with E-state index in [-0.39, 0.29) is 0 Å². The summed E-state index contributed by atoms with van der Waals surface area (Å²) >= 11 is 0.